The highest BCUT2D eigenvalue weighted by atomic mass is 16.7. The lowest BCUT2D eigenvalue weighted by Gasteiger charge is -2.54. The maximum Gasteiger partial charge on any atom is 0.231 e. The predicted molar refractivity (Wildman–Crippen MR) is 117 cm³/mol. The zero-order valence-electron chi connectivity index (χ0n) is 17.8. The van der Waals surface area contributed by atoms with E-state index in [1.165, 1.54) is 5.56 Å². The standard InChI is InChI=1S/C25H32N2O3/c1-19(20-5-3-2-4-6-20)24(27-15-13-26-14-16-27)9-11-25(28,12-10-24)21-7-8-22-23(17-21)30-18-29-22/h2-8,17,19,26,28H,9-16,18H2,1H3. The average molecular weight is 409 g/mol. The van der Waals surface area contributed by atoms with Gasteiger partial charge < -0.3 is 19.9 Å². The molecule has 0 radical (unpaired) electrons. The van der Waals surface area contributed by atoms with Crippen LogP contribution in [-0.2, 0) is 5.60 Å². The molecular formula is C25H32N2O3. The summed E-state index contributed by atoms with van der Waals surface area (Å²) in [5.41, 5.74) is 1.61. The van der Waals surface area contributed by atoms with Gasteiger partial charge in [0.15, 0.2) is 11.5 Å². The number of ether oxygens (including phenoxy) is 2. The second-order valence-corrected chi connectivity index (χ2v) is 9.07. The van der Waals surface area contributed by atoms with E-state index >= 15 is 0 Å². The van der Waals surface area contributed by atoms with Gasteiger partial charge in [-0.3, -0.25) is 4.90 Å². The molecule has 160 valence electrons. The first kappa shape index (κ1) is 19.9. The Bertz CT molecular complexity index is 871. The molecule has 1 atom stereocenters. The maximum atomic E-state index is 11.6. The molecule has 2 aromatic carbocycles. The van der Waals surface area contributed by atoms with Gasteiger partial charge in [-0.25, -0.2) is 0 Å². The van der Waals surface area contributed by atoms with Crippen molar-refractivity contribution < 1.29 is 14.6 Å². The molecule has 2 aromatic rings. The Morgan fingerprint density at radius 3 is 2.37 bits per heavy atom. The summed E-state index contributed by atoms with van der Waals surface area (Å²) >= 11 is 0. The average Bonchev–Trinajstić information content (AvgIpc) is 3.29. The van der Waals surface area contributed by atoms with Crippen LogP contribution in [0.1, 0.15) is 49.7 Å². The molecule has 0 spiro atoms. The summed E-state index contributed by atoms with van der Waals surface area (Å²) in [4.78, 5) is 2.69. The third-order valence-electron chi connectivity index (χ3n) is 7.71. The minimum Gasteiger partial charge on any atom is -0.454 e. The Morgan fingerprint density at radius 1 is 0.933 bits per heavy atom. The fraction of sp³-hybridized carbons (Fsp3) is 0.520. The number of piperazine rings is 1. The Morgan fingerprint density at radius 2 is 1.63 bits per heavy atom. The van der Waals surface area contributed by atoms with Crippen LogP contribution >= 0.6 is 0 Å². The zero-order valence-corrected chi connectivity index (χ0v) is 17.8. The second-order valence-electron chi connectivity index (χ2n) is 9.07. The first-order chi connectivity index (χ1) is 14.6. The molecule has 1 saturated carbocycles. The van der Waals surface area contributed by atoms with Crippen LogP contribution in [-0.4, -0.2) is 48.5 Å². The molecule has 5 nitrogen and oxygen atoms in total. The van der Waals surface area contributed by atoms with Crippen LogP contribution in [0.15, 0.2) is 48.5 Å². The SMILES string of the molecule is CC(c1ccccc1)C1(N2CCNCC2)CCC(O)(c2ccc3c(c2)OCO3)CC1. The summed E-state index contributed by atoms with van der Waals surface area (Å²) < 4.78 is 11.0. The molecular weight excluding hydrogens is 376 g/mol. The van der Waals surface area contributed by atoms with Gasteiger partial charge in [-0.2, -0.15) is 0 Å². The fourth-order valence-electron chi connectivity index (χ4n) is 5.76. The van der Waals surface area contributed by atoms with Gasteiger partial charge in [0, 0.05) is 31.7 Å². The first-order valence-electron chi connectivity index (χ1n) is 11.2. The molecule has 2 fully saturated rings. The van der Waals surface area contributed by atoms with E-state index in [0.29, 0.717) is 5.92 Å². The lowest BCUT2D eigenvalue weighted by Crippen LogP contribution is -2.61. The summed E-state index contributed by atoms with van der Waals surface area (Å²) in [6, 6.07) is 16.8. The van der Waals surface area contributed by atoms with Gasteiger partial charge in [-0.15, -0.1) is 0 Å². The van der Waals surface area contributed by atoms with Crippen molar-refractivity contribution in [2.45, 2.75) is 49.7 Å². The summed E-state index contributed by atoms with van der Waals surface area (Å²) in [6.07, 6.45) is 3.48. The molecule has 30 heavy (non-hydrogen) atoms. The monoisotopic (exact) mass is 408 g/mol. The van der Waals surface area contributed by atoms with E-state index in [1.54, 1.807) is 0 Å². The van der Waals surface area contributed by atoms with Crippen molar-refractivity contribution in [1.29, 1.82) is 0 Å². The number of rotatable bonds is 4. The van der Waals surface area contributed by atoms with Gasteiger partial charge in [0.25, 0.3) is 0 Å². The van der Waals surface area contributed by atoms with Crippen molar-refractivity contribution in [3.63, 3.8) is 0 Å². The van der Waals surface area contributed by atoms with Crippen molar-refractivity contribution in [3.8, 4) is 11.5 Å². The molecule has 3 aliphatic rings. The van der Waals surface area contributed by atoms with Gasteiger partial charge in [-0.1, -0.05) is 43.3 Å². The van der Waals surface area contributed by atoms with Crippen molar-refractivity contribution >= 4 is 0 Å². The molecule has 0 bridgehead atoms. The van der Waals surface area contributed by atoms with E-state index < -0.39 is 5.60 Å². The van der Waals surface area contributed by atoms with Crippen LogP contribution in [0.4, 0.5) is 0 Å². The van der Waals surface area contributed by atoms with E-state index in [9.17, 15) is 5.11 Å². The molecule has 0 amide bonds. The molecule has 1 aliphatic carbocycles. The van der Waals surface area contributed by atoms with Crippen LogP contribution in [0.5, 0.6) is 11.5 Å². The fourth-order valence-corrected chi connectivity index (χ4v) is 5.76. The van der Waals surface area contributed by atoms with Crippen molar-refractivity contribution in [3.05, 3.63) is 59.7 Å². The molecule has 1 unspecified atom stereocenters. The smallest absolute Gasteiger partial charge is 0.231 e. The Kier molecular flexibility index (Phi) is 5.21. The number of hydrogen-bond acceptors (Lipinski definition) is 5. The van der Waals surface area contributed by atoms with Crippen LogP contribution in [0, 0.1) is 0 Å². The number of hydrogen-bond donors (Lipinski definition) is 2. The number of nitrogens with zero attached hydrogens (tertiary/aromatic N) is 1. The molecule has 2 aliphatic heterocycles. The van der Waals surface area contributed by atoms with E-state index in [1.807, 2.05) is 18.2 Å². The minimum absolute atomic E-state index is 0.0754. The van der Waals surface area contributed by atoms with E-state index in [0.717, 1.165) is 68.9 Å². The highest BCUT2D eigenvalue weighted by Crippen LogP contribution is 2.50. The third kappa shape index (κ3) is 3.39. The molecule has 5 rings (SSSR count). The summed E-state index contributed by atoms with van der Waals surface area (Å²) in [6.45, 7) is 6.85. The highest BCUT2D eigenvalue weighted by Gasteiger charge is 2.49. The molecule has 2 heterocycles. The molecule has 1 saturated heterocycles. The third-order valence-corrected chi connectivity index (χ3v) is 7.71. The predicted octanol–water partition coefficient (Wildman–Crippen LogP) is 3.62. The lowest BCUT2D eigenvalue weighted by atomic mass is 9.64. The van der Waals surface area contributed by atoms with Gasteiger partial charge in [0.1, 0.15) is 0 Å². The van der Waals surface area contributed by atoms with E-state index in [4.69, 9.17) is 9.47 Å². The Hall–Kier alpha value is -2.08. The number of nitrogens with one attached hydrogen (secondary N) is 1. The maximum absolute atomic E-state index is 11.6. The topological polar surface area (TPSA) is 54.0 Å². The van der Waals surface area contributed by atoms with Crippen molar-refractivity contribution in [2.24, 2.45) is 0 Å². The lowest BCUT2D eigenvalue weighted by molar-refractivity contribution is -0.0709. The van der Waals surface area contributed by atoms with E-state index in [2.05, 4.69) is 47.5 Å². The van der Waals surface area contributed by atoms with Crippen LogP contribution in [0.25, 0.3) is 0 Å². The van der Waals surface area contributed by atoms with E-state index in [-0.39, 0.29) is 12.3 Å². The number of aliphatic hydroxyl groups is 1. The van der Waals surface area contributed by atoms with Crippen LogP contribution in [0.2, 0.25) is 0 Å². The normalized spacial score (nSPS) is 30.2. The first-order valence-corrected chi connectivity index (χ1v) is 11.2. The molecule has 5 heteroatoms. The largest absolute Gasteiger partial charge is 0.454 e. The summed E-state index contributed by atoms with van der Waals surface area (Å²) in [5.74, 6) is 1.93. The minimum atomic E-state index is -0.811. The number of benzene rings is 2. The molecule has 0 aromatic heterocycles. The zero-order chi connectivity index (χ0) is 20.6. The second kappa shape index (κ2) is 7.88. The summed E-state index contributed by atoms with van der Waals surface area (Å²) in [7, 11) is 0. The van der Waals surface area contributed by atoms with Crippen LogP contribution in [0.3, 0.4) is 0 Å². The molecule has 2 N–H and O–H groups in total. The van der Waals surface area contributed by atoms with Gasteiger partial charge in [-0.05, 0) is 54.9 Å². The Balaban J connectivity index is 1.43. The van der Waals surface area contributed by atoms with Crippen LogP contribution < -0.4 is 14.8 Å². The quantitative estimate of drug-likeness (QED) is 0.809. The highest BCUT2D eigenvalue weighted by molar-refractivity contribution is 5.46. The van der Waals surface area contributed by atoms with Crippen molar-refractivity contribution in [2.75, 3.05) is 33.0 Å². The van der Waals surface area contributed by atoms with Gasteiger partial charge >= 0.3 is 0 Å². The summed E-state index contributed by atoms with van der Waals surface area (Å²) in [5, 5.41) is 15.1. The number of fused-ring (bicyclic) bond motifs is 1. The van der Waals surface area contributed by atoms with Crippen molar-refractivity contribution in [1.82, 2.24) is 10.2 Å². The van der Waals surface area contributed by atoms with Gasteiger partial charge in [0.2, 0.25) is 6.79 Å². The Labute approximate surface area is 179 Å². The van der Waals surface area contributed by atoms with Gasteiger partial charge in [0.05, 0.1) is 5.60 Å².